The van der Waals surface area contributed by atoms with Gasteiger partial charge in [0.05, 0.1) is 5.56 Å². The summed E-state index contributed by atoms with van der Waals surface area (Å²) in [7, 11) is 1.74. The monoisotopic (exact) mass is 598 g/mol. The summed E-state index contributed by atoms with van der Waals surface area (Å²) in [6.07, 6.45) is 0.713. The van der Waals surface area contributed by atoms with Crippen molar-refractivity contribution in [1.29, 1.82) is 0 Å². The molecule has 0 saturated carbocycles. The maximum Gasteiger partial charge on any atom is 0.256 e. The third kappa shape index (κ3) is 7.40. The van der Waals surface area contributed by atoms with E-state index in [1.807, 2.05) is 41.3 Å². The summed E-state index contributed by atoms with van der Waals surface area (Å²) < 4.78 is 13.7. The van der Waals surface area contributed by atoms with Crippen molar-refractivity contribution in [3.63, 3.8) is 0 Å². The predicted molar refractivity (Wildman–Crippen MR) is 167 cm³/mol. The van der Waals surface area contributed by atoms with Gasteiger partial charge in [0.15, 0.2) is 0 Å². The number of hydrogen-bond acceptors (Lipinski definition) is 4. The molecule has 1 saturated heterocycles. The van der Waals surface area contributed by atoms with Gasteiger partial charge in [0.1, 0.15) is 5.82 Å². The zero-order chi connectivity index (χ0) is 30.3. The van der Waals surface area contributed by atoms with Gasteiger partial charge in [-0.2, -0.15) is 0 Å². The van der Waals surface area contributed by atoms with Crippen molar-refractivity contribution in [3.05, 3.63) is 130 Å². The van der Waals surface area contributed by atoms with Crippen LogP contribution in [0.4, 0.5) is 15.8 Å². The molecule has 0 unspecified atom stereocenters. The third-order valence-electron chi connectivity index (χ3n) is 7.40. The van der Waals surface area contributed by atoms with Crippen LogP contribution in [-0.4, -0.2) is 60.7 Å². The number of nitrogens with zero attached hydrogens (tertiary/aromatic N) is 3. The maximum atomic E-state index is 13.9. The van der Waals surface area contributed by atoms with Gasteiger partial charge in [-0.3, -0.25) is 14.4 Å². The lowest BCUT2D eigenvalue weighted by atomic mass is 10.1. The minimum absolute atomic E-state index is 0.0622. The maximum absolute atomic E-state index is 13.9. The number of amides is 3. The largest absolute Gasteiger partial charge is 0.369 e. The zero-order valence-corrected chi connectivity index (χ0v) is 24.6. The second kappa shape index (κ2) is 13.5. The van der Waals surface area contributed by atoms with Crippen LogP contribution in [0.3, 0.4) is 0 Å². The van der Waals surface area contributed by atoms with E-state index in [1.165, 1.54) is 18.2 Å². The van der Waals surface area contributed by atoms with Crippen LogP contribution in [0.25, 0.3) is 0 Å². The van der Waals surface area contributed by atoms with Crippen LogP contribution in [-0.2, 0) is 6.54 Å². The highest BCUT2D eigenvalue weighted by Gasteiger charge is 2.25. The number of nitrogens with one attached hydrogen (secondary N) is 1. The summed E-state index contributed by atoms with van der Waals surface area (Å²) in [5.74, 6) is -1.26. The fourth-order valence-electron chi connectivity index (χ4n) is 5.17. The Kier molecular flexibility index (Phi) is 9.37. The first-order chi connectivity index (χ1) is 20.8. The minimum Gasteiger partial charge on any atom is -0.369 e. The van der Waals surface area contributed by atoms with Crippen molar-refractivity contribution in [1.82, 2.24) is 9.80 Å². The average molecular weight is 599 g/mol. The van der Waals surface area contributed by atoms with E-state index < -0.39 is 11.7 Å². The molecule has 5 rings (SSSR count). The van der Waals surface area contributed by atoms with Gasteiger partial charge in [-0.1, -0.05) is 48.0 Å². The van der Waals surface area contributed by atoms with E-state index in [9.17, 15) is 18.8 Å². The van der Waals surface area contributed by atoms with Gasteiger partial charge in [-0.15, -0.1) is 0 Å². The van der Waals surface area contributed by atoms with E-state index in [-0.39, 0.29) is 17.4 Å². The van der Waals surface area contributed by atoms with Crippen molar-refractivity contribution in [2.45, 2.75) is 13.0 Å². The average Bonchev–Trinajstić information content (AvgIpc) is 3.27. The Morgan fingerprint density at radius 3 is 2.35 bits per heavy atom. The Labute approximate surface area is 255 Å². The van der Waals surface area contributed by atoms with Gasteiger partial charge in [0, 0.05) is 67.3 Å². The van der Waals surface area contributed by atoms with E-state index in [0.29, 0.717) is 61.0 Å². The Balaban J connectivity index is 1.39. The molecule has 43 heavy (non-hydrogen) atoms. The lowest BCUT2D eigenvalue weighted by Crippen LogP contribution is -2.36. The third-order valence-corrected chi connectivity index (χ3v) is 7.65. The summed E-state index contributed by atoms with van der Waals surface area (Å²) in [6.45, 7) is 2.63. The Morgan fingerprint density at radius 1 is 0.837 bits per heavy atom. The van der Waals surface area contributed by atoms with Crippen LogP contribution >= 0.6 is 11.6 Å². The first kappa shape index (κ1) is 29.8. The number of carbonyl (C=O) groups is 3. The lowest BCUT2D eigenvalue weighted by molar-refractivity contribution is 0.0763. The number of benzene rings is 4. The number of hydrogen-bond donors (Lipinski definition) is 1. The zero-order valence-electron chi connectivity index (χ0n) is 23.8. The highest BCUT2D eigenvalue weighted by molar-refractivity contribution is 6.30. The molecule has 3 amide bonds. The van der Waals surface area contributed by atoms with E-state index >= 15 is 0 Å². The molecule has 7 nitrogen and oxygen atoms in total. The molecule has 0 aliphatic carbocycles. The molecule has 1 heterocycles. The molecular formula is C34H32ClFN4O3. The molecule has 9 heteroatoms. The molecule has 1 aliphatic heterocycles. The summed E-state index contributed by atoms with van der Waals surface area (Å²) in [5.41, 5.74) is 3.30. The molecule has 4 aromatic carbocycles. The number of anilines is 2. The van der Waals surface area contributed by atoms with Crippen LogP contribution in [0.5, 0.6) is 0 Å². The van der Waals surface area contributed by atoms with Gasteiger partial charge >= 0.3 is 0 Å². The van der Waals surface area contributed by atoms with E-state index in [4.69, 9.17) is 11.6 Å². The normalized spacial score (nSPS) is 13.3. The van der Waals surface area contributed by atoms with Crippen LogP contribution in [0.1, 0.15) is 43.1 Å². The van der Waals surface area contributed by atoms with Crippen molar-refractivity contribution < 1.29 is 18.8 Å². The smallest absolute Gasteiger partial charge is 0.256 e. The van der Waals surface area contributed by atoms with E-state index in [1.54, 1.807) is 48.3 Å². The molecule has 0 radical (unpaired) electrons. The van der Waals surface area contributed by atoms with Gasteiger partial charge < -0.3 is 20.0 Å². The second-order valence-electron chi connectivity index (χ2n) is 10.5. The molecule has 4 aromatic rings. The van der Waals surface area contributed by atoms with Crippen molar-refractivity contribution in [3.8, 4) is 0 Å². The van der Waals surface area contributed by atoms with Crippen LogP contribution < -0.4 is 10.2 Å². The Bertz CT molecular complexity index is 1610. The van der Waals surface area contributed by atoms with Gasteiger partial charge in [-0.05, 0) is 72.6 Å². The van der Waals surface area contributed by atoms with Crippen molar-refractivity contribution in [2.75, 3.05) is 43.4 Å². The number of halogens is 2. The summed E-state index contributed by atoms with van der Waals surface area (Å²) >= 11 is 6.00. The van der Waals surface area contributed by atoms with E-state index in [2.05, 4.69) is 10.2 Å². The number of rotatable bonds is 7. The van der Waals surface area contributed by atoms with Crippen LogP contribution in [0.15, 0.2) is 97.1 Å². The highest BCUT2D eigenvalue weighted by atomic mass is 35.5. The predicted octanol–water partition coefficient (Wildman–Crippen LogP) is 6.36. The topological polar surface area (TPSA) is 73.0 Å². The Hall–Kier alpha value is -4.69. The molecular weight excluding hydrogens is 567 g/mol. The fourth-order valence-corrected chi connectivity index (χ4v) is 5.29. The fraction of sp³-hybridized carbons (Fsp3) is 0.206. The van der Waals surface area contributed by atoms with Crippen molar-refractivity contribution >= 4 is 40.7 Å². The molecule has 0 aromatic heterocycles. The summed E-state index contributed by atoms with van der Waals surface area (Å²) in [4.78, 5) is 45.5. The SMILES string of the molecule is CN(Cc1ccccc1)C(=O)c1cc(NC(=O)c2cccc(F)c2)ccc1N1CCCN(C(=O)c2ccc(Cl)cc2)CC1. The standard InChI is InChI=1S/C34H32ClFN4O3/c1-38(23-24-7-3-2-4-8-24)34(43)30-22-29(37-32(41)26-9-5-10-28(36)21-26)15-16-31(30)39-17-6-18-40(20-19-39)33(42)25-11-13-27(35)14-12-25/h2-5,7-16,21-22H,6,17-20,23H2,1H3,(H,37,41). The molecule has 0 bridgehead atoms. The molecule has 1 aliphatic rings. The molecule has 0 atom stereocenters. The molecule has 1 fully saturated rings. The van der Waals surface area contributed by atoms with Gasteiger partial charge in [0.25, 0.3) is 17.7 Å². The first-order valence-electron chi connectivity index (χ1n) is 14.1. The van der Waals surface area contributed by atoms with Crippen molar-refractivity contribution in [2.24, 2.45) is 0 Å². The van der Waals surface area contributed by atoms with E-state index in [0.717, 1.165) is 17.3 Å². The molecule has 220 valence electrons. The van der Waals surface area contributed by atoms with Crippen LogP contribution in [0, 0.1) is 5.82 Å². The number of carbonyl (C=O) groups excluding carboxylic acids is 3. The van der Waals surface area contributed by atoms with Crippen LogP contribution in [0.2, 0.25) is 5.02 Å². The second-order valence-corrected chi connectivity index (χ2v) is 10.9. The molecule has 1 N–H and O–H groups in total. The highest BCUT2D eigenvalue weighted by Crippen LogP contribution is 2.28. The summed E-state index contributed by atoms with van der Waals surface area (Å²) in [5, 5.41) is 3.37. The van der Waals surface area contributed by atoms with Gasteiger partial charge in [-0.25, -0.2) is 4.39 Å². The summed E-state index contributed by atoms with van der Waals surface area (Å²) in [6, 6.07) is 27.2. The Morgan fingerprint density at radius 2 is 1.60 bits per heavy atom. The minimum atomic E-state index is -0.508. The van der Waals surface area contributed by atoms with Gasteiger partial charge in [0.2, 0.25) is 0 Å². The quantitative estimate of drug-likeness (QED) is 0.269. The lowest BCUT2D eigenvalue weighted by Gasteiger charge is -2.28. The molecule has 0 spiro atoms. The first-order valence-corrected chi connectivity index (χ1v) is 14.5.